The second-order valence-corrected chi connectivity index (χ2v) is 11.5. The van der Waals surface area contributed by atoms with Crippen molar-refractivity contribution in [3.05, 3.63) is 57.6 Å². The standard InChI is InChI=1S/C31H48O2/c1-9-11-13-15-30(5,6)26-19-22(3)17-24(28(26)32)21-25-18-23(4)20-27(29(25)33)31(7,8)16-14-12-10-2/h17-20,32-33H,9-16,21H2,1-8H3. The molecule has 0 aromatic heterocycles. The van der Waals surface area contributed by atoms with Gasteiger partial charge in [-0.2, -0.15) is 0 Å². The van der Waals surface area contributed by atoms with Gasteiger partial charge in [-0.15, -0.1) is 0 Å². The van der Waals surface area contributed by atoms with E-state index in [-0.39, 0.29) is 10.8 Å². The zero-order valence-corrected chi connectivity index (χ0v) is 22.6. The summed E-state index contributed by atoms with van der Waals surface area (Å²) in [5.41, 5.74) is 6.03. The first kappa shape index (κ1) is 27.3. The number of aromatic hydroxyl groups is 2. The molecule has 0 saturated carbocycles. The molecular weight excluding hydrogens is 404 g/mol. The van der Waals surface area contributed by atoms with Crippen LogP contribution in [-0.2, 0) is 17.3 Å². The Labute approximate surface area is 203 Å². The van der Waals surface area contributed by atoms with Crippen LogP contribution in [0.4, 0.5) is 0 Å². The Bertz CT molecular complexity index is 846. The molecule has 2 N–H and O–H groups in total. The van der Waals surface area contributed by atoms with Crippen LogP contribution in [-0.4, -0.2) is 10.2 Å². The molecule has 2 aromatic rings. The van der Waals surface area contributed by atoms with E-state index < -0.39 is 0 Å². The van der Waals surface area contributed by atoms with E-state index in [0.717, 1.165) is 46.2 Å². The van der Waals surface area contributed by atoms with Crippen molar-refractivity contribution in [2.75, 3.05) is 0 Å². The van der Waals surface area contributed by atoms with Crippen molar-refractivity contribution in [3.63, 3.8) is 0 Å². The van der Waals surface area contributed by atoms with Crippen LogP contribution in [0.2, 0.25) is 0 Å². The minimum absolute atomic E-state index is 0.0822. The molecule has 0 aliphatic carbocycles. The van der Waals surface area contributed by atoms with Gasteiger partial charge in [0, 0.05) is 17.5 Å². The minimum atomic E-state index is -0.0822. The van der Waals surface area contributed by atoms with E-state index >= 15 is 0 Å². The normalized spacial score (nSPS) is 12.4. The lowest BCUT2D eigenvalue weighted by Crippen LogP contribution is -2.19. The lowest BCUT2D eigenvalue weighted by atomic mass is 9.76. The highest BCUT2D eigenvalue weighted by Gasteiger charge is 2.28. The van der Waals surface area contributed by atoms with Gasteiger partial charge in [0.2, 0.25) is 0 Å². The Balaban J connectivity index is 2.43. The fourth-order valence-corrected chi connectivity index (χ4v) is 5.12. The third-order valence-corrected chi connectivity index (χ3v) is 7.32. The van der Waals surface area contributed by atoms with Gasteiger partial charge in [0.25, 0.3) is 0 Å². The highest BCUT2D eigenvalue weighted by Crippen LogP contribution is 2.42. The van der Waals surface area contributed by atoms with Crippen LogP contribution in [0.5, 0.6) is 11.5 Å². The molecule has 2 heteroatoms. The van der Waals surface area contributed by atoms with E-state index in [2.05, 4.69) is 79.7 Å². The summed E-state index contributed by atoms with van der Waals surface area (Å²) in [5.74, 6) is 0.790. The molecule has 0 saturated heterocycles. The third-order valence-electron chi connectivity index (χ3n) is 7.32. The summed E-state index contributed by atoms with van der Waals surface area (Å²) >= 11 is 0. The monoisotopic (exact) mass is 452 g/mol. The minimum Gasteiger partial charge on any atom is -0.507 e. The molecule has 0 radical (unpaired) electrons. The van der Waals surface area contributed by atoms with Crippen LogP contribution in [0.1, 0.15) is 126 Å². The molecule has 0 bridgehead atoms. The van der Waals surface area contributed by atoms with Crippen LogP contribution >= 0.6 is 0 Å². The van der Waals surface area contributed by atoms with Gasteiger partial charge in [0.15, 0.2) is 0 Å². The number of phenols is 2. The maximum absolute atomic E-state index is 11.3. The molecule has 0 aliphatic rings. The van der Waals surface area contributed by atoms with Crippen LogP contribution in [0.3, 0.4) is 0 Å². The summed E-state index contributed by atoms with van der Waals surface area (Å²) in [6.45, 7) is 17.6. The second kappa shape index (κ2) is 11.4. The largest absolute Gasteiger partial charge is 0.507 e. The average Bonchev–Trinajstić information content (AvgIpc) is 2.72. The number of benzene rings is 2. The molecule has 0 amide bonds. The second-order valence-electron chi connectivity index (χ2n) is 11.5. The molecular formula is C31H48O2. The highest BCUT2D eigenvalue weighted by atomic mass is 16.3. The number of unbranched alkanes of at least 4 members (excludes halogenated alkanes) is 4. The smallest absolute Gasteiger partial charge is 0.122 e. The van der Waals surface area contributed by atoms with E-state index in [1.807, 2.05) is 0 Å². The van der Waals surface area contributed by atoms with Gasteiger partial charge in [0.1, 0.15) is 11.5 Å². The number of hydrogen-bond donors (Lipinski definition) is 2. The fourth-order valence-electron chi connectivity index (χ4n) is 5.12. The molecule has 184 valence electrons. The molecule has 0 spiro atoms. The van der Waals surface area contributed by atoms with Gasteiger partial charge in [-0.25, -0.2) is 0 Å². The van der Waals surface area contributed by atoms with Crippen molar-refractivity contribution in [2.45, 2.75) is 124 Å². The van der Waals surface area contributed by atoms with E-state index in [1.165, 1.54) is 38.5 Å². The van der Waals surface area contributed by atoms with Crippen molar-refractivity contribution >= 4 is 0 Å². The first-order valence-corrected chi connectivity index (χ1v) is 13.1. The third kappa shape index (κ3) is 7.01. The molecule has 2 aromatic carbocycles. The zero-order chi connectivity index (χ0) is 24.8. The molecule has 2 nitrogen and oxygen atoms in total. The quantitative estimate of drug-likeness (QED) is 0.315. The predicted octanol–water partition coefficient (Wildman–Crippen LogP) is 9.02. The number of phenolic OH excluding ortho intramolecular Hbond substituents is 2. The van der Waals surface area contributed by atoms with Gasteiger partial charge in [-0.05, 0) is 48.6 Å². The van der Waals surface area contributed by atoms with Gasteiger partial charge < -0.3 is 10.2 Å². The van der Waals surface area contributed by atoms with E-state index in [9.17, 15) is 10.2 Å². The first-order valence-electron chi connectivity index (χ1n) is 13.1. The Morgan fingerprint density at radius 3 is 1.30 bits per heavy atom. The molecule has 0 unspecified atom stereocenters. The van der Waals surface area contributed by atoms with Crippen molar-refractivity contribution in [1.82, 2.24) is 0 Å². The molecule has 0 atom stereocenters. The molecule has 0 heterocycles. The van der Waals surface area contributed by atoms with E-state index in [0.29, 0.717) is 17.9 Å². The number of aryl methyl sites for hydroxylation is 2. The Morgan fingerprint density at radius 2 is 0.970 bits per heavy atom. The predicted molar refractivity (Wildman–Crippen MR) is 143 cm³/mol. The zero-order valence-electron chi connectivity index (χ0n) is 22.6. The van der Waals surface area contributed by atoms with Crippen LogP contribution in [0.15, 0.2) is 24.3 Å². The lowest BCUT2D eigenvalue weighted by molar-refractivity contribution is 0.401. The van der Waals surface area contributed by atoms with E-state index in [1.54, 1.807) is 0 Å². The summed E-state index contributed by atoms with van der Waals surface area (Å²) < 4.78 is 0. The van der Waals surface area contributed by atoms with E-state index in [4.69, 9.17) is 0 Å². The highest BCUT2D eigenvalue weighted by molar-refractivity contribution is 5.53. The van der Waals surface area contributed by atoms with Crippen molar-refractivity contribution in [3.8, 4) is 11.5 Å². The summed E-state index contributed by atoms with van der Waals surface area (Å²) in [4.78, 5) is 0. The summed E-state index contributed by atoms with van der Waals surface area (Å²) in [7, 11) is 0. The van der Waals surface area contributed by atoms with Crippen molar-refractivity contribution in [2.24, 2.45) is 0 Å². The van der Waals surface area contributed by atoms with Gasteiger partial charge in [-0.1, -0.05) is 115 Å². The Hall–Kier alpha value is -1.96. The molecule has 33 heavy (non-hydrogen) atoms. The molecule has 2 rings (SSSR count). The number of rotatable bonds is 12. The Morgan fingerprint density at radius 1 is 0.606 bits per heavy atom. The van der Waals surface area contributed by atoms with Crippen LogP contribution in [0, 0.1) is 13.8 Å². The summed E-state index contributed by atoms with van der Waals surface area (Å²) in [6, 6.07) is 8.44. The van der Waals surface area contributed by atoms with Gasteiger partial charge in [0.05, 0.1) is 0 Å². The van der Waals surface area contributed by atoms with Crippen LogP contribution in [0.25, 0.3) is 0 Å². The fraction of sp³-hybridized carbons (Fsp3) is 0.613. The summed E-state index contributed by atoms with van der Waals surface area (Å²) in [5, 5.41) is 22.6. The molecule has 0 fully saturated rings. The maximum Gasteiger partial charge on any atom is 0.122 e. The Kier molecular flexibility index (Phi) is 9.47. The maximum atomic E-state index is 11.3. The topological polar surface area (TPSA) is 40.5 Å². The summed E-state index contributed by atoms with van der Waals surface area (Å²) in [6.07, 6.45) is 9.83. The van der Waals surface area contributed by atoms with Crippen molar-refractivity contribution in [1.29, 1.82) is 0 Å². The first-order chi connectivity index (χ1) is 15.4. The van der Waals surface area contributed by atoms with Gasteiger partial charge in [-0.3, -0.25) is 0 Å². The van der Waals surface area contributed by atoms with Crippen molar-refractivity contribution < 1.29 is 10.2 Å². The molecule has 0 aliphatic heterocycles. The number of hydrogen-bond acceptors (Lipinski definition) is 2. The average molecular weight is 453 g/mol. The lowest BCUT2D eigenvalue weighted by Gasteiger charge is -2.29. The SMILES string of the molecule is CCCCCC(C)(C)c1cc(C)cc(Cc2cc(C)cc(C(C)(C)CCCCC)c2O)c1O. The van der Waals surface area contributed by atoms with Crippen LogP contribution < -0.4 is 0 Å². The van der Waals surface area contributed by atoms with Gasteiger partial charge >= 0.3 is 0 Å².